The van der Waals surface area contributed by atoms with Crippen molar-refractivity contribution in [2.45, 2.75) is 13.5 Å². The Balaban J connectivity index is 1.55. The molecule has 0 radical (unpaired) electrons. The minimum atomic E-state index is -0.175. The molecule has 5 nitrogen and oxygen atoms in total. The number of hydrogen-bond acceptors (Lipinski definition) is 4. The first-order valence-corrected chi connectivity index (χ1v) is 9.16. The summed E-state index contributed by atoms with van der Waals surface area (Å²) in [5.74, 6) is 0.676. The highest BCUT2D eigenvalue weighted by Gasteiger charge is 2.24. The highest BCUT2D eigenvalue weighted by atomic mass is 35.5. The van der Waals surface area contributed by atoms with E-state index in [0.29, 0.717) is 24.7 Å². The fraction of sp³-hybridized carbons (Fsp3) is 0.350. The molecule has 1 aliphatic rings. The summed E-state index contributed by atoms with van der Waals surface area (Å²) in [6.45, 7) is 6.32. The van der Waals surface area contributed by atoms with E-state index in [0.717, 1.165) is 25.4 Å². The topological polar surface area (TPSA) is 53.0 Å². The van der Waals surface area contributed by atoms with Crippen LogP contribution in [0.2, 0.25) is 5.02 Å². The van der Waals surface area contributed by atoms with Crippen molar-refractivity contribution in [1.82, 2.24) is 9.80 Å². The van der Waals surface area contributed by atoms with Crippen LogP contribution in [0.1, 0.15) is 22.8 Å². The number of halogens is 1. The van der Waals surface area contributed by atoms with Crippen LogP contribution in [0.5, 0.6) is 11.5 Å². The van der Waals surface area contributed by atoms with E-state index in [9.17, 15) is 9.90 Å². The summed E-state index contributed by atoms with van der Waals surface area (Å²) >= 11 is 5.95. The van der Waals surface area contributed by atoms with Gasteiger partial charge in [0.1, 0.15) is 11.5 Å². The molecule has 1 saturated heterocycles. The lowest BCUT2D eigenvalue weighted by atomic mass is 10.1. The standard InChI is InChI=1S/C20H23ClN2O3/c1-2-26-17-6-3-15(4-7-17)14-22-9-11-23(12-10-22)20(25)18-13-16(21)5-8-19(18)24/h3-8,13,24H,2,9-12,14H2,1H3. The zero-order valence-electron chi connectivity index (χ0n) is 14.8. The molecule has 0 saturated carbocycles. The van der Waals surface area contributed by atoms with E-state index in [1.54, 1.807) is 11.0 Å². The van der Waals surface area contributed by atoms with Crippen LogP contribution in [0.25, 0.3) is 0 Å². The molecule has 6 heteroatoms. The van der Waals surface area contributed by atoms with E-state index in [1.807, 2.05) is 19.1 Å². The summed E-state index contributed by atoms with van der Waals surface area (Å²) in [5, 5.41) is 10.4. The molecule has 1 aliphatic heterocycles. The summed E-state index contributed by atoms with van der Waals surface area (Å²) in [5.41, 5.74) is 1.48. The van der Waals surface area contributed by atoms with E-state index in [2.05, 4.69) is 17.0 Å². The highest BCUT2D eigenvalue weighted by Crippen LogP contribution is 2.23. The molecular weight excluding hydrogens is 352 g/mol. The number of carbonyl (C=O) groups excluding carboxylic acids is 1. The van der Waals surface area contributed by atoms with E-state index in [1.165, 1.54) is 17.7 Å². The van der Waals surface area contributed by atoms with Crippen LogP contribution in [0.3, 0.4) is 0 Å². The van der Waals surface area contributed by atoms with Gasteiger partial charge in [-0.25, -0.2) is 0 Å². The molecule has 0 spiro atoms. The SMILES string of the molecule is CCOc1ccc(CN2CCN(C(=O)c3cc(Cl)ccc3O)CC2)cc1. The number of piperazine rings is 1. The molecule has 1 N–H and O–H groups in total. The molecule has 0 bridgehead atoms. The summed E-state index contributed by atoms with van der Waals surface area (Å²) in [6, 6.07) is 12.7. The molecule has 0 aliphatic carbocycles. The largest absolute Gasteiger partial charge is 0.507 e. The second-order valence-electron chi connectivity index (χ2n) is 6.31. The normalized spacial score (nSPS) is 15.1. The van der Waals surface area contributed by atoms with Gasteiger partial charge in [-0.2, -0.15) is 0 Å². The molecule has 2 aromatic rings. The van der Waals surface area contributed by atoms with E-state index in [-0.39, 0.29) is 17.2 Å². The number of aromatic hydroxyl groups is 1. The second-order valence-corrected chi connectivity index (χ2v) is 6.74. The van der Waals surface area contributed by atoms with Crippen molar-refractivity contribution in [2.24, 2.45) is 0 Å². The Morgan fingerprint density at radius 1 is 1.12 bits per heavy atom. The van der Waals surface area contributed by atoms with Gasteiger partial charge in [0.25, 0.3) is 5.91 Å². The molecule has 1 amide bonds. The number of rotatable bonds is 5. The van der Waals surface area contributed by atoms with E-state index >= 15 is 0 Å². The Morgan fingerprint density at radius 2 is 1.81 bits per heavy atom. The summed E-state index contributed by atoms with van der Waals surface area (Å²) in [4.78, 5) is 16.7. The molecule has 2 aromatic carbocycles. The lowest BCUT2D eigenvalue weighted by Gasteiger charge is -2.35. The van der Waals surface area contributed by atoms with Crippen LogP contribution in [-0.2, 0) is 6.54 Å². The van der Waals surface area contributed by atoms with Gasteiger partial charge in [-0.05, 0) is 42.8 Å². The Morgan fingerprint density at radius 3 is 2.46 bits per heavy atom. The molecule has 138 valence electrons. The van der Waals surface area contributed by atoms with Crippen LogP contribution >= 0.6 is 11.6 Å². The smallest absolute Gasteiger partial charge is 0.257 e. The minimum Gasteiger partial charge on any atom is -0.507 e. The fourth-order valence-corrected chi connectivity index (χ4v) is 3.25. The van der Waals surface area contributed by atoms with Crippen molar-refractivity contribution >= 4 is 17.5 Å². The Bertz CT molecular complexity index is 756. The van der Waals surface area contributed by atoms with Crippen LogP contribution in [-0.4, -0.2) is 53.6 Å². The molecular formula is C20H23ClN2O3. The number of benzene rings is 2. The van der Waals surface area contributed by atoms with Gasteiger partial charge in [0.05, 0.1) is 12.2 Å². The predicted molar refractivity (Wildman–Crippen MR) is 102 cm³/mol. The predicted octanol–water partition coefficient (Wildman–Crippen LogP) is 3.40. The molecule has 0 atom stereocenters. The van der Waals surface area contributed by atoms with E-state index in [4.69, 9.17) is 16.3 Å². The van der Waals surface area contributed by atoms with Gasteiger partial charge < -0.3 is 14.7 Å². The third-order valence-electron chi connectivity index (χ3n) is 4.49. The van der Waals surface area contributed by atoms with Crippen LogP contribution in [0.15, 0.2) is 42.5 Å². The first-order chi connectivity index (χ1) is 12.6. The second kappa shape index (κ2) is 8.43. The summed E-state index contributed by atoms with van der Waals surface area (Å²) in [6.07, 6.45) is 0. The third kappa shape index (κ3) is 4.48. The van der Waals surface area contributed by atoms with Gasteiger partial charge in [0, 0.05) is 37.7 Å². The van der Waals surface area contributed by atoms with Crippen LogP contribution < -0.4 is 4.74 Å². The number of amides is 1. The lowest BCUT2D eigenvalue weighted by molar-refractivity contribution is 0.0625. The zero-order valence-corrected chi connectivity index (χ0v) is 15.6. The maximum atomic E-state index is 12.6. The summed E-state index contributed by atoms with van der Waals surface area (Å²) < 4.78 is 5.46. The van der Waals surface area contributed by atoms with Gasteiger partial charge in [-0.15, -0.1) is 0 Å². The van der Waals surface area contributed by atoms with Gasteiger partial charge in [0.15, 0.2) is 0 Å². The minimum absolute atomic E-state index is 0.0313. The average Bonchev–Trinajstić information content (AvgIpc) is 2.66. The van der Waals surface area contributed by atoms with Crippen molar-refractivity contribution < 1.29 is 14.6 Å². The van der Waals surface area contributed by atoms with Crippen molar-refractivity contribution in [3.63, 3.8) is 0 Å². The Labute approximate surface area is 158 Å². The number of nitrogens with zero attached hydrogens (tertiary/aromatic N) is 2. The molecule has 0 unspecified atom stereocenters. The first kappa shape index (κ1) is 18.5. The van der Waals surface area contributed by atoms with Crippen LogP contribution in [0.4, 0.5) is 0 Å². The maximum absolute atomic E-state index is 12.6. The van der Waals surface area contributed by atoms with Crippen molar-refractivity contribution in [3.05, 3.63) is 58.6 Å². The highest BCUT2D eigenvalue weighted by molar-refractivity contribution is 6.31. The first-order valence-electron chi connectivity index (χ1n) is 8.78. The van der Waals surface area contributed by atoms with Crippen LogP contribution in [0, 0.1) is 0 Å². The number of hydrogen-bond donors (Lipinski definition) is 1. The Kier molecular flexibility index (Phi) is 6.01. The molecule has 1 heterocycles. The monoisotopic (exact) mass is 374 g/mol. The van der Waals surface area contributed by atoms with E-state index < -0.39 is 0 Å². The fourth-order valence-electron chi connectivity index (χ4n) is 3.07. The lowest BCUT2D eigenvalue weighted by Crippen LogP contribution is -2.48. The zero-order chi connectivity index (χ0) is 18.5. The van der Waals surface area contributed by atoms with Crippen molar-refractivity contribution in [1.29, 1.82) is 0 Å². The molecule has 3 rings (SSSR count). The van der Waals surface area contributed by atoms with Gasteiger partial charge in [0.2, 0.25) is 0 Å². The molecule has 26 heavy (non-hydrogen) atoms. The summed E-state index contributed by atoms with van der Waals surface area (Å²) in [7, 11) is 0. The average molecular weight is 375 g/mol. The van der Waals surface area contributed by atoms with Gasteiger partial charge >= 0.3 is 0 Å². The van der Waals surface area contributed by atoms with Crippen molar-refractivity contribution in [3.8, 4) is 11.5 Å². The van der Waals surface area contributed by atoms with Gasteiger partial charge in [-0.1, -0.05) is 23.7 Å². The Hall–Kier alpha value is -2.24. The number of phenols is 1. The maximum Gasteiger partial charge on any atom is 0.257 e. The van der Waals surface area contributed by atoms with Crippen molar-refractivity contribution in [2.75, 3.05) is 32.8 Å². The third-order valence-corrected chi connectivity index (χ3v) is 4.72. The molecule has 1 fully saturated rings. The number of phenolic OH excluding ortho intramolecular Hbond substituents is 1. The number of ether oxygens (including phenoxy) is 1. The molecule has 0 aromatic heterocycles. The van der Waals surface area contributed by atoms with Gasteiger partial charge in [-0.3, -0.25) is 9.69 Å². The number of carbonyl (C=O) groups is 1. The quantitative estimate of drug-likeness (QED) is 0.871.